The fourth-order valence-electron chi connectivity index (χ4n) is 2.26. The highest BCUT2D eigenvalue weighted by molar-refractivity contribution is 7.25. The monoisotopic (exact) mass is 239 g/mol. The molecule has 3 nitrogen and oxygen atoms in total. The van der Waals surface area contributed by atoms with Crippen molar-refractivity contribution in [2.75, 3.05) is 0 Å². The topological polar surface area (TPSA) is 41.0 Å². The number of hydrogen-bond donors (Lipinski definition) is 1. The standard InChI is InChI=1S/C13H9N3S/c1-2-6-14-11-9(5-1)16-13-10(11)8-4-3-7-15-12(8)17-13/h1-4,6-7,16H,5H2. The molecule has 0 aliphatic carbocycles. The zero-order chi connectivity index (χ0) is 11.2. The Hall–Kier alpha value is -1.94. The van der Waals surface area contributed by atoms with Gasteiger partial charge in [0, 0.05) is 35.3 Å². The summed E-state index contributed by atoms with van der Waals surface area (Å²) in [6, 6.07) is 4.09. The normalized spacial score (nSPS) is 14.4. The molecule has 1 aliphatic rings. The van der Waals surface area contributed by atoms with E-state index < -0.39 is 0 Å². The van der Waals surface area contributed by atoms with Gasteiger partial charge in [0.1, 0.15) is 9.66 Å². The summed E-state index contributed by atoms with van der Waals surface area (Å²) in [5.74, 6) is 0. The Balaban J connectivity index is 2.19. The number of allylic oxidation sites excluding steroid dienone is 2. The van der Waals surface area contributed by atoms with Gasteiger partial charge in [-0.25, -0.2) is 4.98 Å². The first-order chi connectivity index (χ1) is 8.43. The van der Waals surface area contributed by atoms with Crippen molar-refractivity contribution in [1.29, 1.82) is 0 Å². The van der Waals surface area contributed by atoms with Gasteiger partial charge in [-0.1, -0.05) is 17.4 Å². The third-order valence-electron chi connectivity index (χ3n) is 3.00. The molecule has 82 valence electrons. The number of pyridine rings is 1. The number of rotatable bonds is 0. The average molecular weight is 239 g/mol. The number of nitrogens with zero attached hydrogens (tertiary/aromatic N) is 2. The minimum absolute atomic E-state index is 0.915. The minimum atomic E-state index is 0.915. The van der Waals surface area contributed by atoms with Crippen molar-refractivity contribution in [1.82, 2.24) is 9.97 Å². The molecule has 0 bridgehead atoms. The van der Waals surface area contributed by atoms with Crippen LogP contribution in [0.2, 0.25) is 0 Å². The van der Waals surface area contributed by atoms with Crippen LogP contribution >= 0.6 is 11.3 Å². The third kappa shape index (κ3) is 1.21. The molecule has 4 heteroatoms. The maximum Gasteiger partial charge on any atom is 0.125 e. The second kappa shape index (κ2) is 3.28. The summed E-state index contributed by atoms with van der Waals surface area (Å²) in [6.07, 6.45) is 8.72. The van der Waals surface area contributed by atoms with Crippen LogP contribution in [0.5, 0.6) is 0 Å². The number of aromatic nitrogens is 2. The number of fused-ring (bicyclic) bond motifs is 5. The van der Waals surface area contributed by atoms with Crippen LogP contribution in [0.1, 0.15) is 5.69 Å². The number of H-pyrrole nitrogens is 1. The zero-order valence-electron chi connectivity index (χ0n) is 8.97. The SMILES string of the molecule is C1=CCc2[nH]c3sc4ncccc4c3c2N=C1. The van der Waals surface area contributed by atoms with Crippen molar-refractivity contribution in [3.05, 3.63) is 36.2 Å². The quantitative estimate of drug-likeness (QED) is 0.640. The Bertz CT molecular complexity index is 777. The van der Waals surface area contributed by atoms with E-state index in [0.29, 0.717) is 0 Å². The van der Waals surface area contributed by atoms with Crippen molar-refractivity contribution in [3.8, 4) is 0 Å². The molecule has 0 saturated carbocycles. The van der Waals surface area contributed by atoms with E-state index >= 15 is 0 Å². The van der Waals surface area contributed by atoms with Gasteiger partial charge in [-0.2, -0.15) is 0 Å². The molecule has 0 atom stereocenters. The van der Waals surface area contributed by atoms with E-state index in [0.717, 1.165) is 16.9 Å². The molecule has 1 aliphatic heterocycles. The molecule has 3 aromatic heterocycles. The van der Waals surface area contributed by atoms with Gasteiger partial charge >= 0.3 is 0 Å². The summed E-state index contributed by atoms with van der Waals surface area (Å²) in [5.41, 5.74) is 2.27. The summed E-state index contributed by atoms with van der Waals surface area (Å²) >= 11 is 1.70. The summed E-state index contributed by atoms with van der Waals surface area (Å²) in [4.78, 5) is 14.6. The summed E-state index contributed by atoms with van der Waals surface area (Å²) in [6.45, 7) is 0. The van der Waals surface area contributed by atoms with Crippen molar-refractivity contribution in [2.24, 2.45) is 4.99 Å². The first-order valence-corrected chi connectivity index (χ1v) is 6.32. The van der Waals surface area contributed by atoms with Crippen molar-refractivity contribution >= 4 is 43.7 Å². The van der Waals surface area contributed by atoms with E-state index in [1.165, 1.54) is 21.3 Å². The van der Waals surface area contributed by atoms with Crippen molar-refractivity contribution < 1.29 is 0 Å². The van der Waals surface area contributed by atoms with Crippen LogP contribution < -0.4 is 0 Å². The molecule has 4 heterocycles. The number of aromatic amines is 1. The molecular formula is C13H9N3S. The van der Waals surface area contributed by atoms with Crippen LogP contribution in [-0.4, -0.2) is 16.2 Å². The average Bonchev–Trinajstić information content (AvgIpc) is 2.77. The molecule has 0 fully saturated rings. The van der Waals surface area contributed by atoms with Gasteiger partial charge in [-0.3, -0.25) is 4.99 Å². The van der Waals surface area contributed by atoms with Gasteiger partial charge in [-0.15, -0.1) is 0 Å². The smallest absolute Gasteiger partial charge is 0.125 e. The van der Waals surface area contributed by atoms with Crippen LogP contribution in [0.3, 0.4) is 0 Å². The molecule has 17 heavy (non-hydrogen) atoms. The molecule has 0 spiro atoms. The Morgan fingerprint density at radius 2 is 2.35 bits per heavy atom. The van der Waals surface area contributed by atoms with Gasteiger partial charge in [0.2, 0.25) is 0 Å². The summed E-state index contributed by atoms with van der Waals surface area (Å²) in [7, 11) is 0. The second-order valence-corrected chi connectivity index (χ2v) is 5.02. The fraction of sp³-hybridized carbons (Fsp3) is 0.0769. The maximum atomic E-state index is 4.53. The van der Waals surface area contributed by atoms with E-state index in [1.807, 2.05) is 24.6 Å². The van der Waals surface area contributed by atoms with Crippen LogP contribution in [0.25, 0.3) is 20.4 Å². The molecule has 0 radical (unpaired) electrons. The number of aliphatic imine (C=N–C) groups is 1. The third-order valence-corrected chi connectivity index (χ3v) is 4.03. The van der Waals surface area contributed by atoms with Crippen molar-refractivity contribution in [3.63, 3.8) is 0 Å². The predicted octanol–water partition coefficient (Wildman–Crippen LogP) is 3.59. The van der Waals surface area contributed by atoms with Crippen LogP contribution in [-0.2, 0) is 6.42 Å². The van der Waals surface area contributed by atoms with Gasteiger partial charge in [0.05, 0.1) is 5.69 Å². The summed E-state index contributed by atoms with van der Waals surface area (Å²) < 4.78 is 0. The highest BCUT2D eigenvalue weighted by atomic mass is 32.1. The fourth-order valence-corrected chi connectivity index (χ4v) is 3.33. The van der Waals surface area contributed by atoms with Crippen LogP contribution in [0.15, 0.2) is 35.5 Å². The number of hydrogen-bond acceptors (Lipinski definition) is 3. The first kappa shape index (κ1) is 9.13. The van der Waals surface area contributed by atoms with E-state index in [-0.39, 0.29) is 0 Å². The largest absolute Gasteiger partial charge is 0.348 e. The van der Waals surface area contributed by atoms with Gasteiger partial charge in [0.15, 0.2) is 0 Å². The number of thiophene rings is 1. The van der Waals surface area contributed by atoms with Gasteiger partial charge in [0.25, 0.3) is 0 Å². The van der Waals surface area contributed by atoms with Crippen LogP contribution in [0.4, 0.5) is 5.69 Å². The van der Waals surface area contributed by atoms with E-state index in [4.69, 9.17) is 0 Å². The second-order valence-electron chi connectivity index (χ2n) is 4.02. The highest BCUT2D eigenvalue weighted by Gasteiger charge is 2.16. The Morgan fingerprint density at radius 3 is 3.35 bits per heavy atom. The number of nitrogens with one attached hydrogen (secondary N) is 1. The lowest BCUT2D eigenvalue weighted by molar-refractivity contribution is 1.18. The molecule has 0 saturated heterocycles. The highest BCUT2D eigenvalue weighted by Crippen LogP contribution is 2.41. The first-order valence-electron chi connectivity index (χ1n) is 5.51. The molecule has 4 rings (SSSR count). The predicted molar refractivity (Wildman–Crippen MR) is 72.5 cm³/mol. The molecular weight excluding hydrogens is 230 g/mol. The lowest BCUT2D eigenvalue weighted by Gasteiger charge is -1.94. The Labute approximate surface area is 102 Å². The summed E-state index contributed by atoms with van der Waals surface area (Å²) in [5, 5.41) is 2.41. The zero-order valence-corrected chi connectivity index (χ0v) is 9.79. The van der Waals surface area contributed by atoms with Gasteiger partial charge < -0.3 is 4.98 Å². The van der Waals surface area contributed by atoms with E-state index in [2.05, 4.69) is 27.1 Å². The lowest BCUT2D eigenvalue weighted by atomic mass is 10.2. The minimum Gasteiger partial charge on any atom is -0.348 e. The molecule has 1 N–H and O–H groups in total. The molecule has 0 unspecified atom stereocenters. The maximum absolute atomic E-state index is 4.53. The van der Waals surface area contributed by atoms with Gasteiger partial charge in [-0.05, 0) is 18.2 Å². The lowest BCUT2D eigenvalue weighted by Crippen LogP contribution is -1.78. The van der Waals surface area contributed by atoms with E-state index in [1.54, 1.807) is 11.3 Å². The molecule has 0 amide bonds. The van der Waals surface area contributed by atoms with Crippen molar-refractivity contribution in [2.45, 2.75) is 6.42 Å². The Kier molecular flexibility index (Phi) is 1.76. The molecule has 0 aromatic carbocycles. The van der Waals surface area contributed by atoms with E-state index in [9.17, 15) is 0 Å². The Morgan fingerprint density at radius 1 is 1.35 bits per heavy atom. The van der Waals surface area contributed by atoms with Crippen LogP contribution in [0, 0.1) is 0 Å². The molecule has 3 aromatic rings.